The molecule has 0 spiro atoms. The van der Waals surface area contributed by atoms with Crippen molar-refractivity contribution in [3.05, 3.63) is 89.2 Å². The second kappa shape index (κ2) is 12.0. The van der Waals surface area contributed by atoms with E-state index in [2.05, 4.69) is 26.6 Å². The van der Waals surface area contributed by atoms with Gasteiger partial charge in [-0.25, -0.2) is 0 Å². The fraction of sp³-hybridized carbons (Fsp3) is 0.276. The Morgan fingerprint density at radius 3 is 2.41 bits per heavy atom. The van der Waals surface area contributed by atoms with E-state index in [-0.39, 0.29) is 11.9 Å². The van der Waals surface area contributed by atoms with Crippen LogP contribution in [0.3, 0.4) is 0 Å². The first-order valence-electron chi connectivity index (χ1n) is 12.5. The van der Waals surface area contributed by atoms with Crippen molar-refractivity contribution in [3.63, 3.8) is 0 Å². The topological polar surface area (TPSA) is 108 Å². The predicted octanol–water partition coefficient (Wildman–Crippen LogP) is 6.10. The van der Waals surface area contributed by atoms with Gasteiger partial charge in [-0.05, 0) is 73.2 Å². The summed E-state index contributed by atoms with van der Waals surface area (Å²) >= 11 is 0. The summed E-state index contributed by atoms with van der Waals surface area (Å²) in [4.78, 5) is 19.1. The van der Waals surface area contributed by atoms with Crippen LogP contribution in [0.2, 0.25) is 0 Å². The van der Waals surface area contributed by atoms with Gasteiger partial charge in [0.15, 0.2) is 0 Å². The first-order chi connectivity index (χ1) is 18.1. The van der Waals surface area contributed by atoms with Gasteiger partial charge in [0.25, 0.3) is 5.91 Å². The highest BCUT2D eigenvalue weighted by Crippen LogP contribution is 2.30. The highest BCUT2D eigenvalue weighted by atomic mass is 16.4. The molecule has 8 heteroatoms. The van der Waals surface area contributed by atoms with Crippen LogP contribution in [-0.4, -0.2) is 39.1 Å². The van der Waals surface area contributed by atoms with Crippen LogP contribution in [0.1, 0.15) is 59.7 Å². The number of aryl methyl sites for hydroxylation is 1. The molecule has 0 bridgehead atoms. The lowest BCUT2D eigenvalue weighted by atomic mass is 9.89. The number of carbonyl (C=O) groups excluding carboxylic acids is 1. The van der Waals surface area contributed by atoms with Gasteiger partial charge < -0.3 is 14.6 Å². The summed E-state index contributed by atoms with van der Waals surface area (Å²) in [6.45, 7) is 7.35. The summed E-state index contributed by atoms with van der Waals surface area (Å²) in [6, 6.07) is 19.4. The minimum absolute atomic E-state index is 0.00864. The maximum Gasteiger partial charge on any atom is 0.320 e. The second-order valence-electron chi connectivity index (χ2n) is 8.60. The van der Waals surface area contributed by atoms with Gasteiger partial charge in [-0.2, -0.15) is 5.26 Å². The molecule has 1 amide bonds. The Morgan fingerprint density at radius 1 is 1.03 bits per heavy atom. The van der Waals surface area contributed by atoms with E-state index in [1.54, 1.807) is 24.5 Å². The molecule has 0 saturated carbocycles. The van der Waals surface area contributed by atoms with E-state index < -0.39 is 0 Å². The fourth-order valence-corrected chi connectivity index (χ4v) is 4.32. The quantitative estimate of drug-likeness (QED) is 0.357. The lowest BCUT2D eigenvalue weighted by molar-refractivity contribution is 0.0713. The van der Waals surface area contributed by atoms with E-state index in [1.807, 2.05) is 68.1 Å². The molecule has 2 aromatic heterocycles. The zero-order valence-corrected chi connectivity index (χ0v) is 21.3. The second-order valence-corrected chi connectivity index (χ2v) is 8.60. The van der Waals surface area contributed by atoms with Gasteiger partial charge in [-0.15, -0.1) is 5.10 Å². The molecule has 8 nitrogen and oxygen atoms in total. The molecule has 0 atom stereocenters. The molecule has 37 heavy (non-hydrogen) atoms. The number of nitrogens with one attached hydrogen (secondary N) is 1. The molecule has 0 aliphatic carbocycles. The van der Waals surface area contributed by atoms with Crippen molar-refractivity contribution in [2.24, 2.45) is 0 Å². The molecule has 0 unspecified atom stereocenters. The van der Waals surface area contributed by atoms with Gasteiger partial charge in [0.2, 0.25) is 5.89 Å². The van der Waals surface area contributed by atoms with Crippen LogP contribution in [0.5, 0.6) is 0 Å². The monoisotopic (exact) mass is 494 g/mol. The van der Waals surface area contributed by atoms with Gasteiger partial charge >= 0.3 is 6.01 Å². The van der Waals surface area contributed by atoms with E-state index in [9.17, 15) is 4.79 Å². The number of amides is 1. The van der Waals surface area contributed by atoms with E-state index in [0.29, 0.717) is 36.0 Å². The lowest BCUT2D eigenvalue weighted by Gasteiger charge is -2.32. The van der Waals surface area contributed by atoms with Crippen molar-refractivity contribution in [3.8, 4) is 17.5 Å². The SMILES string of the molecule is CC.Cc1ccc(C(=O)N2CCC(c3ccc(C#N)cc3)CC2)cc1Nc1nnc(-c2ccncc2)o1. The number of nitrogens with zero attached hydrogens (tertiary/aromatic N) is 5. The third-order valence-corrected chi connectivity index (χ3v) is 6.37. The van der Waals surface area contributed by atoms with Crippen LogP contribution in [0.4, 0.5) is 11.7 Å². The zero-order valence-electron chi connectivity index (χ0n) is 21.3. The molecule has 5 rings (SSSR count). The number of rotatable bonds is 5. The zero-order chi connectivity index (χ0) is 26.2. The summed E-state index contributed by atoms with van der Waals surface area (Å²) in [7, 11) is 0. The van der Waals surface area contributed by atoms with Gasteiger partial charge in [0.05, 0.1) is 11.6 Å². The van der Waals surface area contributed by atoms with Crippen LogP contribution in [0, 0.1) is 18.3 Å². The molecule has 188 valence electrons. The van der Waals surface area contributed by atoms with Gasteiger partial charge in [-0.3, -0.25) is 9.78 Å². The van der Waals surface area contributed by atoms with E-state index >= 15 is 0 Å². The Bertz CT molecular complexity index is 1370. The average Bonchev–Trinajstić information content (AvgIpc) is 3.44. The number of aromatic nitrogens is 3. The Hall–Kier alpha value is -4.51. The Balaban J connectivity index is 0.00000156. The van der Waals surface area contributed by atoms with Crippen molar-refractivity contribution < 1.29 is 9.21 Å². The van der Waals surface area contributed by atoms with Crippen molar-refractivity contribution in [2.75, 3.05) is 18.4 Å². The molecule has 1 aliphatic rings. The van der Waals surface area contributed by atoms with Gasteiger partial charge in [0, 0.05) is 42.3 Å². The lowest BCUT2D eigenvalue weighted by Crippen LogP contribution is -2.37. The van der Waals surface area contributed by atoms with Crippen LogP contribution < -0.4 is 5.32 Å². The van der Waals surface area contributed by atoms with E-state index in [4.69, 9.17) is 9.68 Å². The summed E-state index contributed by atoms with van der Waals surface area (Å²) in [5.74, 6) is 0.799. The highest BCUT2D eigenvalue weighted by Gasteiger charge is 2.25. The van der Waals surface area contributed by atoms with Crippen molar-refractivity contribution >= 4 is 17.6 Å². The number of nitriles is 1. The van der Waals surface area contributed by atoms with Gasteiger partial charge in [-0.1, -0.05) is 37.1 Å². The van der Waals surface area contributed by atoms with E-state index in [1.165, 1.54) is 5.56 Å². The summed E-state index contributed by atoms with van der Waals surface area (Å²) in [6.07, 6.45) is 5.13. The Kier molecular flexibility index (Phi) is 8.26. The summed E-state index contributed by atoms with van der Waals surface area (Å²) in [5, 5.41) is 20.3. The molecule has 4 aromatic rings. The van der Waals surface area contributed by atoms with Gasteiger partial charge in [0.1, 0.15) is 0 Å². The van der Waals surface area contributed by atoms with Crippen molar-refractivity contribution in [2.45, 2.75) is 39.5 Å². The number of anilines is 2. The highest BCUT2D eigenvalue weighted by molar-refractivity contribution is 5.95. The summed E-state index contributed by atoms with van der Waals surface area (Å²) < 4.78 is 5.74. The number of pyridine rings is 1. The number of hydrogen-bond acceptors (Lipinski definition) is 7. The molecule has 3 heterocycles. The third-order valence-electron chi connectivity index (χ3n) is 6.37. The van der Waals surface area contributed by atoms with Crippen LogP contribution in [0.15, 0.2) is 71.4 Å². The third kappa shape index (κ3) is 6.01. The Morgan fingerprint density at radius 2 is 1.73 bits per heavy atom. The number of carbonyl (C=O) groups is 1. The van der Waals surface area contributed by atoms with Crippen LogP contribution in [-0.2, 0) is 0 Å². The Labute approximate surface area is 217 Å². The smallest absolute Gasteiger partial charge is 0.320 e. The minimum atomic E-state index is 0.00864. The molecule has 0 radical (unpaired) electrons. The molecule has 1 fully saturated rings. The standard InChI is InChI=1S/C27H24N6O2.C2H6/c1-18-2-5-23(16-24(18)30-27-32-31-25(35-27)22-8-12-29-13-9-22)26(34)33-14-10-21(11-15-33)20-6-3-19(17-28)4-7-20;1-2/h2-9,12-13,16,21H,10-11,14-15H2,1H3,(H,30,32);1-2H3. The molecule has 1 saturated heterocycles. The number of piperidine rings is 1. The normalized spacial score (nSPS) is 13.3. The first-order valence-corrected chi connectivity index (χ1v) is 12.5. The van der Waals surface area contributed by atoms with Crippen molar-refractivity contribution in [1.82, 2.24) is 20.1 Å². The molecule has 1 N–H and O–H groups in total. The van der Waals surface area contributed by atoms with Crippen LogP contribution in [0.25, 0.3) is 11.5 Å². The number of benzene rings is 2. The predicted molar refractivity (Wildman–Crippen MR) is 142 cm³/mol. The van der Waals surface area contributed by atoms with Crippen LogP contribution >= 0.6 is 0 Å². The first kappa shape index (κ1) is 25.6. The maximum atomic E-state index is 13.2. The minimum Gasteiger partial charge on any atom is -0.403 e. The molecular weight excluding hydrogens is 464 g/mol. The molecular formula is C29H30N6O2. The van der Waals surface area contributed by atoms with Crippen molar-refractivity contribution in [1.29, 1.82) is 5.26 Å². The maximum absolute atomic E-state index is 13.2. The summed E-state index contributed by atoms with van der Waals surface area (Å²) in [5.41, 5.74) is 5.00. The molecule has 2 aromatic carbocycles. The fourth-order valence-electron chi connectivity index (χ4n) is 4.32. The average molecular weight is 495 g/mol. The van der Waals surface area contributed by atoms with E-state index in [0.717, 1.165) is 29.7 Å². The molecule has 1 aliphatic heterocycles. The number of likely N-dealkylation sites (tertiary alicyclic amines) is 1. The number of hydrogen-bond donors (Lipinski definition) is 1. The largest absolute Gasteiger partial charge is 0.403 e.